The quantitative estimate of drug-likeness (QED) is 0.479. The molecule has 4 rings (SSSR count). The highest BCUT2D eigenvalue weighted by Crippen LogP contribution is 2.26. The fourth-order valence-corrected chi connectivity index (χ4v) is 4.98. The van der Waals surface area contributed by atoms with E-state index in [9.17, 15) is 14.4 Å². The van der Waals surface area contributed by atoms with Crippen LogP contribution in [-0.4, -0.2) is 35.2 Å². The Hall–Kier alpha value is -3.39. The molecule has 0 aliphatic heterocycles. The van der Waals surface area contributed by atoms with Crippen LogP contribution in [0.1, 0.15) is 59.1 Å². The maximum absolute atomic E-state index is 13.6. The second kappa shape index (κ2) is 11.7. The van der Waals surface area contributed by atoms with E-state index in [-0.39, 0.29) is 36.7 Å². The zero-order valence-electron chi connectivity index (χ0n) is 18.9. The summed E-state index contributed by atoms with van der Waals surface area (Å²) in [5.74, 6) is -0.883. The molecule has 0 spiro atoms. The fraction of sp³-hybridized carbons (Fsp3) is 0.346. The molecule has 1 aliphatic rings. The van der Waals surface area contributed by atoms with Crippen molar-refractivity contribution in [2.24, 2.45) is 0 Å². The van der Waals surface area contributed by atoms with E-state index in [2.05, 4.69) is 10.6 Å². The Morgan fingerprint density at radius 3 is 2.47 bits per heavy atom. The molecule has 8 heteroatoms. The van der Waals surface area contributed by atoms with Crippen molar-refractivity contribution >= 4 is 29.1 Å². The van der Waals surface area contributed by atoms with Crippen LogP contribution >= 0.6 is 11.3 Å². The summed E-state index contributed by atoms with van der Waals surface area (Å²) >= 11 is 1.52. The topological polar surface area (TPSA) is 91.7 Å². The van der Waals surface area contributed by atoms with E-state index in [1.54, 1.807) is 11.0 Å². The first-order valence-corrected chi connectivity index (χ1v) is 12.5. The van der Waals surface area contributed by atoms with Gasteiger partial charge in [0, 0.05) is 10.9 Å². The van der Waals surface area contributed by atoms with Crippen LogP contribution in [0.15, 0.2) is 70.7 Å². The third-order valence-electron chi connectivity index (χ3n) is 6.00. The second-order valence-electron chi connectivity index (χ2n) is 8.42. The average molecular weight is 480 g/mol. The Morgan fingerprint density at radius 1 is 1.00 bits per heavy atom. The van der Waals surface area contributed by atoms with E-state index >= 15 is 0 Å². The normalized spacial score (nSPS) is 14.8. The largest absolute Gasteiger partial charge is 0.459 e. The predicted octanol–water partition coefficient (Wildman–Crippen LogP) is 4.29. The number of furan rings is 1. The average Bonchev–Trinajstić information content (AvgIpc) is 3.58. The molecule has 34 heavy (non-hydrogen) atoms. The Bertz CT molecular complexity index is 1060. The van der Waals surface area contributed by atoms with Crippen molar-refractivity contribution in [3.63, 3.8) is 0 Å². The highest BCUT2D eigenvalue weighted by atomic mass is 32.1. The lowest BCUT2D eigenvalue weighted by atomic mass is 9.94. The van der Waals surface area contributed by atoms with Gasteiger partial charge in [0.2, 0.25) is 11.8 Å². The maximum Gasteiger partial charge on any atom is 0.287 e. The van der Waals surface area contributed by atoms with Crippen LogP contribution in [0.25, 0.3) is 0 Å². The third-order valence-corrected chi connectivity index (χ3v) is 6.86. The molecule has 178 valence electrons. The van der Waals surface area contributed by atoms with Crippen molar-refractivity contribution in [1.82, 2.24) is 15.5 Å². The first-order chi connectivity index (χ1) is 16.6. The lowest BCUT2D eigenvalue weighted by Crippen LogP contribution is -2.49. The van der Waals surface area contributed by atoms with E-state index in [1.165, 1.54) is 30.1 Å². The molecule has 1 fully saturated rings. The minimum Gasteiger partial charge on any atom is -0.459 e. The maximum atomic E-state index is 13.6. The molecule has 2 heterocycles. The van der Waals surface area contributed by atoms with Gasteiger partial charge in [0.15, 0.2) is 5.76 Å². The highest BCUT2D eigenvalue weighted by Gasteiger charge is 2.33. The van der Waals surface area contributed by atoms with Crippen molar-refractivity contribution < 1.29 is 18.8 Å². The molecule has 0 radical (unpaired) electrons. The van der Waals surface area contributed by atoms with Gasteiger partial charge in [-0.05, 0) is 42.0 Å². The molecule has 2 N–H and O–H groups in total. The lowest BCUT2D eigenvalue weighted by Gasteiger charge is -2.33. The molecule has 1 saturated carbocycles. The van der Waals surface area contributed by atoms with Gasteiger partial charge in [-0.15, -0.1) is 11.3 Å². The monoisotopic (exact) mass is 479 g/mol. The second-order valence-corrected chi connectivity index (χ2v) is 9.45. The standard InChI is InChI=1S/C26H29N3O4S/c30-23(17-27-25(31)22-14-7-15-33-22)29(18-21-13-8-16-34-21)24(19-9-3-1-4-10-19)26(32)28-20-11-5-2-6-12-20/h1,3-4,7-10,13-16,20,24H,2,5-6,11-12,17-18H2,(H,27,31)(H,28,32)/t24-/m0/s1. The third kappa shape index (κ3) is 6.14. The number of hydrogen-bond acceptors (Lipinski definition) is 5. The molecular formula is C26H29N3O4S. The van der Waals surface area contributed by atoms with E-state index in [0.717, 1.165) is 36.1 Å². The Balaban J connectivity index is 1.58. The first-order valence-electron chi connectivity index (χ1n) is 11.6. The summed E-state index contributed by atoms with van der Waals surface area (Å²) in [6, 6.07) is 15.6. The van der Waals surface area contributed by atoms with Crippen LogP contribution < -0.4 is 10.6 Å². The van der Waals surface area contributed by atoms with Gasteiger partial charge in [-0.25, -0.2) is 0 Å². The number of carbonyl (C=O) groups is 3. The van der Waals surface area contributed by atoms with E-state index in [4.69, 9.17) is 4.42 Å². The first kappa shape index (κ1) is 23.8. The number of hydrogen-bond donors (Lipinski definition) is 2. The van der Waals surface area contributed by atoms with E-state index in [1.807, 2.05) is 47.8 Å². The van der Waals surface area contributed by atoms with Crippen LogP contribution in [-0.2, 0) is 16.1 Å². The van der Waals surface area contributed by atoms with Crippen LogP contribution in [0.2, 0.25) is 0 Å². The Morgan fingerprint density at radius 2 is 1.79 bits per heavy atom. The minimum atomic E-state index is -0.807. The van der Waals surface area contributed by atoms with Crippen LogP contribution in [0, 0.1) is 0 Å². The van der Waals surface area contributed by atoms with Crippen LogP contribution in [0.4, 0.5) is 0 Å². The van der Waals surface area contributed by atoms with E-state index < -0.39 is 11.9 Å². The number of benzene rings is 1. The molecule has 2 aromatic heterocycles. The summed E-state index contributed by atoms with van der Waals surface area (Å²) in [7, 11) is 0. The molecule has 7 nitrogen and oxygen atoms in total. The number of nitrogens with one attached hydrogen (secondary N) is 2. The van der Waals surface area contributed by atoms with Gasteiger partial charge in [0.05, 0.1) is 19.4 Å². The summed E-state index contributed by atoms with van der Waals surface area (Å²) in [5, 5.41) is 7.75. The van der Waals surface area contributed by atoms with Gasteiger partial charge in [0.1, 0.15) is 6.04 Å². The zero-order chi connectivity index (χ0) is 23.8. The van der Waals surface area contributed by atoms with Crippen molar-refractivity contribution in [1.29, 1.82) is 0 Å². The fourth-order valence-electron chi connectivity index (χ4n) is 4.28. The zero-order valence-corrected chi connectivity index (χ0v) is 19.8. The van der Waals surface area contributed by atoms with Gasteiger partial charge in [0.25, 0.3) is 5.91 Å². The van der Waals surface area contributed by atoms with Crippen LogP contribution in [0.5, 0.6) is 0 Å². The molecule has 0 saturated heterocycles. The van der Waals surface area contributed by atoms with Gasteiger partial charge >= 0.3 is 0 Å². The predicted molar refractivity (Wildman–Crippen MR) is 130 cm³/mol. The summed E-state index contributed by atoms with van der Waals surface area (Å²) in [6.07, 6.45) is 6.68. The number of nitrogens with zero attached hydrogens (tertiary/aromatic N) is 1. The molecule has 1 atom stereocenters. The van der Waals surface area contributed by atoms with Crippen LogP contribution in [0.3, 0.4) is 0 Å². The molecular weight excluding hydrogens is 450 g/mol. The number of rotatable bonds is 9. The van der Waals surface area contributed by atoms with Gasteiger partial charge in [-0.3, -0.25) is 14.4 Å². The summed E-state index contributed by atoms with van der Waals surface area (Å²) in [4.78, 5) is 41.9. The SMILES string of the molecule is O=C(NCC(=O)N(Cc1cccs1)[C@H](C(=O)NC1CCCCC1)c1ccccc1)c1ccco1. The van der Waals surface area contributed by atoms with Gasteiger partial charge in [-0.2, -0.15) is 0 Å². The molecule has 3 amide bonds. The molecule has 3 aromatic rings. The molecule has 0 unspecified atom stereocenters. The highest BCUT2D eigenvalue weighted by molar-refractivity contribution is 7.09. The minimum absolute atomic E-state index is 0.116. The number of carbonyl (C=O) groups excluding carboxylic acids is 3. The Kier molecular flexibility index (Phi) is 8.14. The summed E-state index contributed by atoms with van der Waals surface area (Å²) in [6.45, 7) is 0.0235. The van der Waals surface area contributed by atoms with Gasteiger partial charge < -0.3 is 20.0 Å². The molecule has 1 aromatic carbocycles. The molecule has 0 bridgehead atoms. The van der Waals surface area contributed by atoms with Crippen molar-refractivity contribution in [3.8, 4) is 0 Å². The lowest BCUT2D eigenvalue weighted by molar-refractivity contribution is -0.141. The van der Waals surface area contributed by atoms with Crippen molar-refractivity contribution in [3.05, 3.63) is 82.4 Å². The van der Waals surface area contributed by atoms with Gasteiger partial charge in [-0.1, -0.05) is 55.7 Å². The Labute approximate surface area is 203 Å². The summed E-state index contributed by atoms with van der Waals surface area (Å²) in [5.41, 5.74) is 0.734. The number of thiophene rings is 1. The van der Waals surface area contributed by atoms with Crippen molar-refractivity contribution in [2.45, 2.75) is 50.7 Å². The molecule has 1 aliphatic carbocycles. The summed E-state index contributed by atoms with van der Waals surface area (Å²) < 4.78 is 5.11. The van der Waals surface area contributed by atoms with E-state index in [0.29, 0.717) is 0 Å². The smallest absolute Gasteiger partial charge is 0.287 e. The van der Waals surface area contributed by atoms with Crippen molar-refractivity contribution in [2.75, 3.05) is 6.54 Å². The number of amides is 3.